The molecule has 2 rings (SSSR count). The number of carboxylic acids is 1. The average Bonchev–Trinajstić information content (AvgIpc) is 2.46. The number of aliphatic carboxylic acids is 1. The molecule has 2 aromatic rings. The lowest BCUT2D eigenvalue weighted by atomic mass is 9.79. The van der Waals surface area contributed by atoms with E-state index < -0.39 is 11.5 Å². The highest BCUT2D eigenvalue weighted by molar-refractivity contribution is 9.10. The molecule has 0 aliphatic carbocycles. The fourth-order valence-corrected chi connectivity index (χ4v) is 2.83. The molecule has 0 aliphatic heterocycles. The number of benzene rings is 2. The Morgan fingerprint density at radius 1 is 1.10 bits per heavy atom. The Hall–Kier alpha value is -1.81. The molecule has 0 saturated heterocycles. The van der Waals surface area contributed by atoms with E-state index in [1.54, 1.807) is 0 Å². The van der Waals surface area contributed by atoms with Gasteiger partial charge in [-0.3, -0.25) is 0 Å². The number of nitrogens with one attached hydrogen (secondary N) is 1. The minimum atomic E-state index is -1.18. The molecular formula is C17H18BrNO2. The second-order valence-electron chi connectivity index (χ2n) is 5.24. The number of carbonyl (C=O) groups is 1. The van der Waals surface area contributed by atoms with E-state index >= 15 is 0 Å². The van der Waals surface area contributed by atoms with Crippen molar-refractivity contribution >= 4 is 27.6 Å². The van der Waals surface area contributed by atoms with Crippen LogP contribution in [0.15, 0.2) is 59.1 Å². The van der Waals surface area contributed by atoms with E-state index in [0.29, 0.717) is 0 Å². The number of hydrogen-bond acceptors (Lipinski definition) is 2. The molecule has 1 atom stereocenters. The van der Waals surface area contributed by atoms with Crippen LogP contribution in [0.3, 0.4) is 0 Å². The van der Waals surface area contributed by atoms with E-state index in [0.717, 1.165) is 15.7 Å². The van der Waals surface area contributed by atoms with Crippen molar-refractivity contribution in [2.75, 3.05) is 5.32 Å². The maximum atomic E-state index is 12.1. The van der Waals surface area contributed by atoms with Gasteiger partial charge < -0.3 is 10.4 Å². The molecule has 1 unspecified atom stereocenters. The molecule has 110 valence electrons. The smallest absolute Gasteiger partial charge is 0.334 e. The van der Waals surface area contributed by atoms with Crippen LogP contribution in [0.2, 0.25) is 0 Å². The standard InChI is InChI=1S/C17H18BrNO2/c1-12(2)17(16(20)21,13-8-4-3-5-9-13)19-15-11-7-6-10-14(15)18/h3-12,19H,1-2H3,(H,20,21). The lowest BCUT2D eigenvalue weighted by molar-refractivity contribution is -0.144. The van der Waals surface area contributed by atoms with Crippen molar-refractivity contribution in [2.24, 2.45) is 5.92 Å². The molecule has 21 heavy (non-hydrogen) atoms. The van der Waals surface area contributed by atoms with Crippen LogP contribution in [0.25, 0.3) is 0 Å². The second-order valence-corrected chi connectivity index (χ2v) is 6.09. The molecule has 0 bridgehead atoms. The fourth-order valence-electron chi connectivity index (χ4n) is 2.45. The minimum absolute atomic E-state index is 0.135. The van der Waals surface area contributed by atoms with Crippen LogP contribution in [0.1, 0.15) is 19.4 Å². The highest BCUT2D eigenvalue weighted by Gasteiger charge is 2.43. The number of rotatable bonds is 5. The van der Waals surface area contributed by atoms with Crippen molar-refractivity contribution < 1.29 is 9.90 Å². The summed E-state index contributed by atoms with van der Waals surface area (Å²) in [5, 5.41) is 13.2. The first kappa shape index (κ1) is 15.6. The van der Waals surface area contributed by atoms with Crippen LogP contribution >= 0.6 is 15.9 Å². The van der Waals surface area contributed by atoms with Gasteiger partial charge in [-0.1, -0.05) is 56.3 Å². The molecular weight excluding hydrogens is 330 g/mol. The Morgan fingerprint density at radius 3 is 2.19 bits per heavy atom. The van der Waals surface area contributed by atoms with E-state index in [1.807, 2.05) is 68.4 Å². The fraction of sp³-hybridized carbons (Fsp3) is 0.235. The van der Waals surface area contributed by atoms with Gasteiger partial charge in [-0.05, 0) is 39.5 Å². The lowest BCUT2D eigenvalue weighted by Crippen LogP contribution is -2.48. The molecule has 0 amide bonds. The highest BCUT2D eigenvalue weighted by Crippen LogP contribution is 2.36. The summed E-state index contributed by atoms with van der Waals surface area (Å²) >= 11 is 3.46. The minimum Gasteiger partial charge on any atom is -0.479 e. The van der Waals surface area contributed by atoms with Crippen LogP contribution in [0.5, 0.6) is 0 Å². The van der Waals surface area contributed by atoms with Gasteiger partial charge in [0.1, 0.15) is 0 Å². The molecule has 4 heteroatoms. The summed E-state index contributed by atoms with van der Waals surface area (Å²) in [5.41, 5.74) is 0.325. The molecule has 2 N–H and O–H groups in total. The third kappa shape index (κ3) is 2.95. The molecule has 0 saturated carbocycles. The Balaban J connectivity index is 2.56. The van der Waals surface area contributed by atoms with Gasteiger partial charge in [0.2, 0.25) is 0 Å². The van der Waals surface area contributed by atoms with E-state index in [2.05, 4.69) is 21.2 Å². The van der Waals surface area contributed by atoms with E-state index in [9.17, 15) is 9.90 Å². The predicted octanol–water partition coefficient (Wildman–Crippen LogP) is 4.50. The van der Waals surface area contributed by atoms with Crippen LogP contribution in [-0.2, 0) is 10.3 Å². The SMILES string of the molecule is CC(C)C(Nc1ccccc1Br)(C(=O)O)c1ccccc1. The first-order valence-corrected chi connectivity index (χ1v) is 7.59. The number of para-hydroxylation sites is 1. The van der Waals surface area contributed by atoms with Crippen molar-refractivity contribution in [3.05, 3.63) is 64.6 Å². The van der Waals surface area contributed by atoms with Gasteiger partial charge >= 0.3 is 5.97 Å². The maximum absolute atomic E-state index is 12.1. The van der Waals surface area contributed by atoms with Crippen molar-refractivity contribution in [2.45, 2.75) is 19.4 Å². The zero-order valence-corrected chi connectivity index (χ0v) is 13.6. The zero-order chi connectivity index (χ0) is 15.5. The molecule has 0 aromatic heterocycles. The third-order valence-corrected chi connectivity index (χ3v) is 4.33. The van der Waals surface area contributed by atoms with Crippen LogP contribution in [0.4, 0.5) is 5.69 Å². The molecule has 2 aromatic carbocycles. The summed E-state index contributed by atoms with van der Waals surface area (Å²) < 4.78 is 0.840. The van der Waals surface area contributed by atoms with Crippen molar-refractivity contribution in [3.8, 4) is 0 Å². The number of carboxylic acid groups (broad SMARTS) is 1. The van der Waals surface area contributed by atoms with Gasteiger partial charge in [0, 0.05) is 10.2 Å². The first-order chi connectivity index (χ1) is 9.98. The van der Waals surface area contributed by atoms with Gasteiger partial charge in [0.25, 0.3) is 0 Å². The molecule has 0 spiro atoms. The Bertz CT molecular complexity index is 628. The number of halogens is 1. The predicted molar refractivity (Wildman–Crippen MR) is 88.4 cm³/mol. The molecule has 0 aliphatic rings. The van der Waals surface area contributed by atoms with Crippen molar-refractivity contribution in [1.29, 1.82) is 0 Å². The summed E-state index contributed by atoms with van der Waals surface area (Å²) in [4.78, 5) is 12.1. The monoisotopic (exact) mass is 347 g/mol. The third-order valence-electron chi connectivity index (χ3n) is 3.64. The number of anilines is 1. The zero-order valence-electron chi connectivity index (χ0n) is 12.0. The molecule has 0 heterocycles. The second kappa shape index (κ2) is 6.31. The summed E-state index contributed by atoms with van der Waals surface area (Å²) in [7, 11) is 0. The van der Waals surface area contributed by atoms with Gasteiger partial charge in [0.15, 0.2) is 5.54 Å². The topological polar surface area (TPSA) is 49.3 Å². The van der Waals surface area contributed by atoms with Gasteiger partial charge in [-0.2, -0.15) is 0 Å². The Kier molecular flexibility index (Phi) is 4.68. The van der Waals surface area contributed by atoms with E-state index in [1.165, 1.54) is 0 Å². The van der Waals surface area contributed by atoms with Gasteiger partial charge in [0.05, 0.1) is 0 Å². The summed E-state index contributed by atoms with van der Waals surface area (Å²) in [6.45, 7) is 3.82. The maximum Gasteiger partial charge on any atom is 0.334 e. The quantitative estimate of drug-likeness (QED) is 0.837. The van der Waals surface area contributed by atoms with Gasteiger partial charge in [-0.15, -0.1) is 0 Å². The van der Waals surface area contributed by atoms with E-state index in [4.69, 9.17) is 0 Å². The summed E-state index contributed by atoms with van der Waals surface area (Å²) in [6, 6.07) is 16.8. The van der Waals surface area contributed by atoms with Crippen molar-refractivity contribution in [3.63, 3.8) is 0 Å². The average molecular weight is 348 g/mol. The first-order valence-electron chi connectivity index (χ1n) is 6.80. The number of hydrogen-bond donors (Lipinski definition) is 2. The molecule has 0 radical (unpaired) electrons. The van der Waals surface area contributed by atoms with Crippen LogP contribution < -0.4 is 5.32 Å². The summed E-state index contributed by atoms with van der Waals surface area (Å²) in [5.74, 6) is -1.02. The summed E-state index contributed by atoms with van der Waals surface area (Å²) in [6.07, 6.45) is 0. The Labute approximate surface area is 133 Å². The normalized spacial score (nSPS) is 13.7. The van der Waals surface area contributed by atoms with Gasteiger partial charge in [-0.25, -0.2) is 4.79 Å². The largest absolute Gasteiger partial charge is 0.479 e. The molecule has 3 nitrogen and oxygen atoms in total. The lowest BCUT2D eigenvalue weighted by Gasteiger charge is -2.36. The van der Waals surface area contributed by atoms with Crippen molar-refractivity contribution in [1.82, 2.24) is 0 Å². The molecule has 0 fully saturated rings. The van der Waals surface area contributed by atoms with Crippen LogP contribution in [0, 0.1) is 5.92 Å². The van der Waals surface area contributed by atoms with Crippen LogP contribution in [-0.4, -0.2) is 11.1 Å². The highest BCUT2D eigenvalue weighted by atomic mass is 79.9. The van der Waals surface area contributed by atoms with E-state index in [-0.39, 0.29) is 5.92 Å². The Morgan fingerprint density at radius 2 is 1.67 bits per heavy atom.